The lowest BCUT2D eigenvalue weighted by Gasteiger charge is -2.13. The fraction of sp³-hybridized carbons (Fsp3) is 0.111. The second-order valence-corrected chi connectivity index (χ2v) is 5.77. The highest BCUT2D eigenvalue weighted by molar-refractivity contribution is 6.10. The lowest BCUT2D eigenvalue weighted by molar-refractivity contribution is -0.137. The van der Waals surface area contributed by atoms with Gasteiger partial charge in [0.2, 0.25) is 0 Å². The first-order valence-electron chi connectivity index (χ1n) is 7.59. The highest BCUT2D eigenvalue weighted by Gasteiger charge is 2.30. The van der Waals surface area contributed by atoms with Crippen LogP contribution in [0.15, 0.2) is 48.8 Å². The van der Waals surface area contributed by atoms with Gasteiger partial charge >= 0.3 is 6.18 Å². The van der Waals surface area contributed by atoms with Crippen LogP contribution >= 0.6 is 12.4 Å². The Morgan fingerprint density at radius 2 is 1.81 bits per heavy atom. The predicted octanol–water partition coefficient (Wildman–Crippen LogP) is 5.60. The van der Waals surface area contributed by atoms with Gasteiger partial charge < -0.3 is 10.3 Å². The zero-order valence-corrected chi connectivity index (χ0v) is 14.4. The molecule has 0 atom stereocenters. The van der Waals surface area contributed by atoms with Crippen molar-refractivity contribution in [3.8, 4) is 0 Å². The van der Waals surface area contributed by atoms with E-state index < -0.39 is 11.7 Å². The Labute approximate surface area is 152 Å². The van der Waals surface area contributed by atoms with Gasteiger partial charge in [-0.2, -0.15) is 13.2 Å². The zero-order valence-electron chi connectivity index (χ0n) is 13.6. The first-order valence-corrected chi connectivity index (χ1v) is 7.59. The van der Waals surface area contributed by atoms with E-state index >= 15 is 0 Å². The van der Waals surface area contributed by atoms with Crippen LogP contribution in [0.25, 0.3) is 21.9 Å². The monoisotopic (exact) mass is 378 g/mol. The topological polar surface area (TPSA) is 53.6 Å². The van der Waals surface area contributed by atoms with E-state index in [-0.39, 0.29) is 12.4 Å². The molecule has 4 rings (SSSR count). The van der Waals surface area contributed by atoms with Gasteiger partial charge in [0, 0.05) is 16.8 Å². The number of fused-ring (bicyclic) bond motifs is 3. The lowest BCUT2D eigenvalue weighted by atomic mass is 10.1. The van der Waals surface area contributed by atoms with Gasteiger partial charge in [0.1, 0.15) is 0 Å². The van der Waals surface area contributed by atoms with Crippen LogP contribution in [-0.4, -0.2) is 15.0 Å². The van der Waals surface area contributed by atoms with Crippen molar-refractivity contribution in [2.75, 3.05) is 5.32 Å². The molecule has 0 radical (unpaired) electrons. The second-order valence-electron chi connectivity index (χ2n) is 5.77. The molecule has 0 saturated carbocycles. The summed E-state index contributed by atoms with van der Waals surface area (Å²) in [5.74, 6) is 0. The number of hydrogen-bond acceptors (Lipinski definition) is 3. The number of benzene rings is 2. The van der Waals surface area contributed by atoms with Crippen LogP contribution in [0.3, 0.4) is 0 Å². The van der Waals surface area contributed by atoms with E-state index in [4.69, 9.17) is 0 Å². The van der Waals surface area contributed by atoms with Gasteiger partial charge in [0.25, 0.3) is 0 Å². The number of anilines is 2. The molecule has 8 heteroatoms. The van der Waals surface area contributed by atoms with Crippen molar-refractivity contribution in [3.63, 3.8) is 0 Å². The number of H-pyrrole nitrogens is 1. The molecule has 0 amide bonds. The summed E-state index contributed by atoms with van der Waals surface area (Å²) in [5, 5.41) is 3.88. The van der Waals surface area contributed by atoms with Crippen molar-refractivity contribution in [1.29, 1.82) is 0 Å². The zero-order chi connectivity index (χ0) is 17.6. The third-order valence-electron chi connectivity index (χ3n) is 3.96. The quantitative estimate of drug-likeness (QED) is 0.477. The Kier molecular flexibility index (Phi) is 4.50. The highest BCUT2D eigenvalue weighted by Crippen LogP contribution is 2.34. The molecule has 0 bridgehead atoms. The van der Waals surface area contributed by atoms with Crippen LogP contribution in [-0.2, 0) is 6.18 Å². The van der Waals surface area contributed by atoms with Crippen molar-refractivity contribution in [2.24, 2.45) is 0 Å². The van der Waals surface area contributed by atoms with Crippen molar-refractivity contribution in [1.82, 2.24) is 15.0 Å². The largest absolute Gasteiger partial charge is 0.416 e. The molecule has 0 fully saturated rings. The van der Waals surface area contributed by atoms with Gasteiger partial charge in [0.15, 0.2) is 0 Å². The molecular formula is C18H14ClF3N4. The lowest BCUT2D eigenvalue weighted by Crippen LogP contribution is -2.05. The summed E-state index contributed by atoms with van der Waals surface area (Å²) in [4.78, 5) is 11.8. The molecule has 2 N–H and O–H groups in total. The average molecular weight is 379 g/mol. The third kappa shape index (κ3) is 3.17. The standard InChI is InChI=1S/C18H13F3N4.ClH/c1-10-7-15(25-12-4-2-3-11(8-12)18(19,20)21)16-13(24-10)5-6-14-17(16)23-9-22-14;/h2-9H,1H3,(H,22,23)(H,24,25);1H. The summed E-state index contributed by atoms with van der Waals surface area (Å²) < 4.78 is 38.8. The minimum atomic E-state index is -4.38. The molecule has 134 valence electrons. The van der Waals surface area contributed by atoms with Crippen LogP contribution in [0.1, 0.15) is 11.3 Å². The molecule has 0 aliphatic heterocycles. The molecule has 0 saturated heterocycles. The van der Waals surface area contributed by atoms with E-state index in [1.54, 1.807) is 12.4 Å². The van der Waals surface area contributed by atoms with Crippen molar-refractivity contribution < 1.29 is 13.2 Å². The number of nitrogens with zero attached hydrogens (tertiary/aromatic N) is 2. The molecule has 4 aromatic rings. The van der Waals surface area contributed by atoms with Crippen LogP contribution in [0.2, 0.25) is 0 Å². The number of pyridine rings is 1. The van der Waals surface area contributed by atoms with Gasteiger partial charge in [-0.3, -0.25) is 4.98 Å². The molecule has 26 heavy (non-hydrogen) atoms. The highest BCUT2D eigenvalue weighted by atomic mass is 35.5. The van der Waals surface area contributed by atoms with E-state index in [1.807, 2.05) is 25.1 Å². The Morgan fingerprint density at radius 3 is 2.58 bits per heavy atom. The fourth-order valence-electron chi connectivity index (χ4n) is 2.90. The van der Waals surface area contributed by atoms with Crippen LogP contribution in [0, 0.1) is 6.92 Å². The van der Waals surface area contributed by atoms with E-state index in [0.29, 0.717) is 11.4 Å². The summed E-state index contributed by atoms with van der Waals surface area (Å²) in [6, 6.07) is 10.6. The molecule has 2 aromatic carbocycles. The smallest absolute Gasteiger partial charge is 0.355 e. The molecule has 4 nitrogen and oxygen atoms in total. The second kappa shape index (κ2) is 6.49. The van der Waals surface area contributed by atoms with Gasteiger partial charge in [-0.25, -0.2) is 4.98 Å². The normalized spacial score (nSPS) is 11.5. The number of hydrogen-bond donors (Lipinski definition) is 2. The summed E-state index contributed by atoms with van der Waals surface area (Å²) in [6.45, 7) is 1.84. The third-order valence-corrected chi connectivity index (χ3v) is 3.96. The summed E-state index contributed by atoms with van der Waals surface area (Å²) in [5.41, 5.74) is 3.41. The molecule has 0 aliphatic carbocycles. The van der Waals surface area contributed by atoms with Gasteiger partial charge in [-0.05, 0) is 43.3 Å². The van der Waals surface area contributed by atoms with Crippen molar-refractivity contribution >= 4 is 45.7 Å². The maximum absolute atomic E-state index is 12.9. The number of nitrogens with one attached hydrogen (secondary N) is 2. The number of aromatic nitrogens is 3. The molecule has 0 unspecified atom stereocenters. The van der Waals surface area contributed by atoms with E-state index in [9.17, 15) is 13.2 Å². The maximum atomic E-state index is 12.9. The minimum absolute atomic E-state index is 0. The molecule has 0 aliphatic rings. The van der Waals surface area contributed by atoms with Gasteiger partial charge in [0.05, 0.1) is 34.1 Å². The number of imidazole rings is 1. The van der Waals surface area contributed by atoms with Crippen LogP contribution < -0.4 is 5.32 Å². The Morgan fingerprint density at radius 1 is 1.04 bits per heavy atom. The predicted molar refractivity (Wildman–Crippen MR) is 98.1 cm³/mol. The summed E-state index contributed by atoms with van der Waals surface area (Å²) in [6.07, 6.45) is -2.80. The summed E-state index contributed by atoms with van der Waals surface area (Å²) in [7, 11) is 0. The van der Waals surface area contributed by atoms with E-state index in [2.05, 4.69) is 20.3 Å². The Bertz CT molecular complexity index is 1090. The number of rotatable bonds is 2. The SMILES string of the molecule is Cc1cc(Nc2cccc(C(F)(F)F)c2)c2c(ccc3nc[nH]c32)n1.Cl. The van der Waals surface area contributed by atoms with E-state index in [0.717, 1.165) is 39.8 Å². The number of alkyl halides is 3. The minimum Gasteiger partial charge on any atom is -0.355 e. The van der Waals surface area contributed by atoms with E-state index in [1.165, 1.54) is 6.07 Å². The van der Waals surface area contributed by atoms with Gasteiger partial charge in [-0.1, -0.05) is 6.07 Å². The Hall–Kier alpha value is -2.80. The fourth-order valence-corrected chi connectivity index (χ4v) is 2.90. The average Bonchev–Trinajstić information content (AvgIpc) is 3.02. The van der Waals surface area contributed by atoms with Crippen molar-refractivity contribution in [3.05, 3.63) is 60.0 Å². The van der Waals surface area contributed by atoms with Gasteiger partial charge in [-0.15, -0.1) is 12.4 Å². The molecule has 0 spiro atoms. The number of aromatic amines is 1. The number of aryl methyl sites for hydroxylation is 1. The molecule has 2 heterocycles. The number of halogens is 4. The molecular weight excluding hydrogens is 365 g/mol. The molecule has 2 aromatic heterocycles. The summed E-state index contributed by atoms with van der Waals surface area (Å²) >= 11 is 0. The Balaban J connectivity index is 0.00000196. The van der Waals surface area contributed by atoms with Crippen LogP contribution in [0.5, 0.6) is 0 Å². The first-order chi connectivity index (χ1) is 11.9. The van der Waals surface area contributed by atoms with Crippen molar-refractivity contribution in [2.45, 2.75) is 13.1 Å². The van der Waals surface area contributed by atoms with Crippen LogP contribution in [0.4, 0.5) is 24.5 Å². The maximum Gasteiger partial charge on any atom is 0.416 e. The first kappa shape index (κ1) is 18.0.